The average molecular weight is 164 g/mol. The molecule has 7 heavy (non-hydrogen) atoms. The molecule has 0 fully saturated rings. The number of hydrogen-bond donors (Lipinski definition) is 1. The Balaban J connectivity index is 2.82. The lowest BCUT2D eigenvalue weighted by Crippen LogP contribution is -1.96. The molecule has 42 valence electrons. The largest absolute Gasteiger partial charge is 0.330 e. The van der Waals surface area contributed by atoms with Crippen LogP contribution >= 0.6 is 15.9 Å². The van der Waals surface area contributed by atoms with E-state index in [0.29, 0.717) is 0 Å². The molecule has 0 bridgehead atoms. The van der Waals surface area contributed by atoms with Crippen LogP contribution < -0.4 is 5.73 Å². The van der Waals surface area contributed by atoms with E-state index in [1.54, 1.807) is 0 Å². The molecule has 0 saturated carbocycles. The first-order chi connectivity index (χ1) is 3.27. The topological polar surface area (TPSA) is 26.0 Å². The van der Waals surface area contributed by atoms with Crippen LogP contribution in [0.5, 0.6) is 0 Å². The third kappa shape index (κ3) is 6.18. The summed E-state index contributed by atoms with van der Waals surface area (Å²) in [6, 6.07) is 0. The van der Waals surface area contributed by atoms with Crippen LogP contribution in [0.15, 0.2) is 11.1 Å². The van der Waals surface area contributed by atoms with Crippen LogP contribution in [-0.4, -0.2) is 6.54 Å². The predicted octanol–water partition coefficient (Wildman–Crippen LogP) is 1.63. The van der Waals surface area contributed by atoms with Crippen molar-refractivity contribution < 1.29 is 0 Å². The van der Waals surface area contributed by atoms with Crippen molar-refractivity contribution in [3.05, 3.63) is 11.1 Å². The molecule has 0 spiro atoms. The van der Waals surface area contributed by atoms with Crippen molar-refractivity contribution in [2.45, 2.75) is 12.8 Å². The van der Waals surface area contributed by atoms with Gasteiger partial charge >= 0.3 is 0 Å². The fraction of sp³-hybridized carbons (Fsp3) is 0.600. The smallest absolute Gasteiger partial charge is 0.00739 e. The Kier molecular flexibility index (Phi) is 4.45. The monoisotopic (exact) mass is 163 g/mol. The molecule has 0 heterocycles. The van der Waals surface area contributed by atoms with Crippen molar-refractivity contribution in [3.8, 4) is 0 Å². The molecular formula is C5H10BrN. The molecule has 0 saturated heterocycles. The zero-order chi connectivity index (χ0) is 5.70. The second-order valence-electron chi connectivity index (χ2n) is 1.41. The van der Waals surface area contributed by atoms with Crippen molar-refractivity contribution in [1.82, 2.24) is 0 Å². The maximum Gasteiger partial charge on any atom is -0.00739 e. The number of rotatable bonds is 3. The molecule has 2 heteroatoms. The molecular weight excluding hydrogens is 154 g/mol. The SMILES string of the molecule is C=C(Br)CCCN. The van der Waals surface area contributed by atoms with Crippen LogP contribution in [0.1, 0.15) is 12.8 Å². The zero-order valence-electron chi connectivity index (χ0n) is 4.28. The summed E-state index contributed by atoms with van der Waals surface area (Å²) in [6.07, 6.45) is 2.03. The van der Waals surface area contributed by atoms with Gasteiger partial charge in [0.1, 0.15) is 0 Å². The van der Waals surface area contributed by atoms with Crippen molar-refractivity contribution >= 4 is 15.9 Å². The van der Waals surface area contributed by atoms with Gasteiger partial charge in [0.25, 0.3) is 0 Å². The van der Waals surface area contributed by atoms with E-state index in [1.165, 1.54) is 0 Å². The summed E-state index contributed by atoms with van der Waals surface area (Å²) < 4.78 is 1.04. The quantitative estimate of drug-likeness (QED) is 0.673. The fourth-order valence-corrected chi connectivity index (χ4v) is 0.574. The lowest BCUT2D eigenvalue weighted by Gasteiger charge is -1.90. The van der Waals surface area contributed by atoms with E-state index in [9.17, 15) is 0 Å². The third-order valence-corrected chi connectivity index (χ3v) is 1.05. The lowest BCUT2D eigenvalue weighted by molar-refractivity contribution is 0.851. The summed E-state index contributed by atoms with van der Waals surface area (Å²) in [5.41, 5.74) is 5.21. The molecule has 0 aromatic carbocycles. The zero-order valence-corrected chi connectivity index (χ0v) is 5.87. The Morgan fingerprint density at radius 1 is 1.71 bits per heavy atom. The maximum atomic E-state index is 5.21. The van der Waals surface area contributed by atoms with Crippen molar-refractivity contribution in [2.24, 2.45) is 5.73 Å². The van der Waals surface area contributed by atoms with Gasteiger partial charge in [-0.3, -0.25) is 0 Å². The highest BCUT2D eigenvalue weighted by Gasteiger charge is 1.83. The number of hydrogen-bond acceptors (Lipinski definition) is 1. The summed E-state index contributed by atoms with van der Waals surface area (Å²) in [7, 11) is 0. The van der Waals surface area contributed by atoms with Gasteiger partial charge in [-0.05, 0) is 23.9 Å². The van der Waals surface area contributed by atoms with Crippen LogP contribution in [0.4, 0.5) is 0 Å². The standard InChI is InChI=1S/C5H10BrN/c1-5(6)3-2-4-7/h1-4,7H2. The molecule has 0 aromatic rings. The minimum absolute atomic E-state index is 0.755. The number of nitrogens with two attached hydrogens (primary N) is 1. The molecule has 0 atom stereocenters. The van der Waals surface area contributed by atoms with Crippen LogP contribution in [0.25, 0.3) is 0 Å². The molecule has 0 aromatic heterocycles. The van der Waals surface area contributed by atoms with Crippen LogP contribution in [0, 0.1) is 0 Å². The molecule has 1 nitrogen and oxygen atoms in total. The van der Waals surface area contributed by atoms with E-state index < -0.39 is 0 Å². The Hall–Kier alpha value is 0.180. The highest BCUT2D eigenvalue weighted by molar-refractivity contribution is 9.11. The first-order valence-corrected chi connectivity index (χ1v) is 3.10. The second-order valence-corrected chi connectivity index (χ2v) is 2.53. The summed E-state index contributed by atoms with van der Waals surface area (Å²) in [5, 5.41) is 0. The molecule has 0 amide bonds. The van der Waals surface area contributed by atoms with Crippen LogP contribution in [0.3, 0.4) is 0 Å². The summed E-state index contributed by atoms with van der Waals surface area (Å²) in [6.45, 7) is 4.41. The maximum absolute atomic E-state index is 5.21. The Labute approximate surface area is 52.7 Å². The molecule has 0 radical (unpaired) electrons. The van der Waals surface area contributed by atoms with Gasteiger partial charge in [0.05, 0.1) is 0 Å². The van der Waals surface area contributed by atoms with Gasteiger partial charge < -0.3 is 5.73 Å². The summed E-state index contributed by atoms with van der Waals surface area (Å²) in [4.78, 5) is 0. The molecule has 0 aliphatic rings. The van der Waals surface area contributed by atoms with Crippen LogP contribution in [-0.2, 0) is 0 Å². The van der Waals surface area contributed by atoms with Crippen molar-refractivity contribution in [2.75, 3.05) is 6.54 Å². The molecule has 0 rings (SSSR count). The first kappa shape index (κ1) is 7.18. The van der Waals surface area contributed by atoms with E-state index in [2.05, 4.69) is 22.5 Å². The minimum Gasteiger partial charge on any atom is -0.330 e. The second kappa shape index (κ2) is 4.34. The minimum atomic E-state index is 0.755. The van der Waals surface area contributed by atoms with Crippen LogP contribution in [0.2, 0.25) is 0 Å². The molecule has 0 aliphatic heterocycles. The van der Waals surface area contributed by atoms with E-state index in [0.717, 1.165) is 23.9 Å². The van der Waals surface area contributed by atoms with E-state index in [-0.39, 0.29) is 0 Å². The number of halogens is 1. The number of allylic oxidation sites excluding steroid dienone is 1. The van der Waals surface area contributed by atoms with Gasteiger partial charge in [-0.1, -0.05) is 22.5 Å². The molecule has 0 aliphatic carbocycles. The highest BCUT2D eigenvalue weighted by atomic mass is 79.9. The van der Waals surface area contributed by atoms with Gasteiger partial charge in [0.15, 0.2) is 0 Å². The molecule has 0 unspecified atom stereocenters. The van der Waals surface area contributed by atoms with Gasteiger partial charge in [-0.15, -0.1) is 0 Å². The van der Waals surface area contributed by atoms with Gasteiger partial charge in [-0.25, -0.2) is 0 Å². The van der Waals surface area contributed by atoms with E-state index in [4.69, 9.17) is 5.73 Å². The summed E-state index contributed by atoms with van der Waals surface area (Å²) in [5.74, 6) is 0. The van der Waals surface area contributed by atoms with Gasteiger partial charge in [0.2, 0.25) is 0 Å². The lowest BCUT2D eigenvalue weighted by atomic mass is 10.3. The van der Waals surface area contributed by atoms with Crippen molar-refractivity contribution in [3.63, 3.8) is 0 Å². The normalized spacial score (nSPS) is 8.86. The molecule has 2 N–H and O–H groups in total. The highest BCUT2D eigenvalue weighted by Crippen LogP contribution is 2.07. The first-order valence-electron chi connectivity index (χ1n) is 2.30. The average Bonchev–Trinajstić information content (AvgIpc) is 1.61. The van der Waals surface area contributed by atoms with Gasteiger partial charge in [0, 0.05) is 0 Å². The van der Waals surface area contributed by atoms with E-state index >= 15 is 0 Å². The van der Waals surface area contributed by atoms with Gasteiger partial charge in [-0.2, -0.15) is 0 Å². The predicted molar refractivity (Wildman–Crippen MR) is 36.4 cm³/mol. The van der Waals surface area contributed by atoms with Crippen molar-refractivity contribution in [1.29, 1.82) is 0 Å². The summed E-state index contributed by atoms with van der Waals surface area (Å²) >= 11 is 3.23. The Morgan fingerprint density at radius 2 is 2.29 bits per heavy atom. The Morgan fingerprint density at radius 3 is 2.43 bits per heavy atom. The van der Waals surface area contributed by atoms with E-state index in [1.807, 2.05) is 0 Å². The fourth-order valence-electron chi connectivity index (χ4n) is 0.294. The third-order valence-electron chi connectivity index (χ3n) is 0.652. The Bertz CT molecular complexity index is 61.1.